The van der Waals surface area contributed by atoms with Gasteiger partial charge in [-0.15, -0.1) is 0 Å². The minimum atomic E-state index is 0.705. The number of rotatable bonds is 2. The molecule has 0 bridgehead atoms. The van der Waals surface area contributed by atoms with E-state index in [9.17, 15) is 0 Å². The molecule has 92 valence electrons. The second kappa shape index (κ2) is 4.95. The third kappa shape index (κ3) is 2.19. The Hall–Kier alpha value is -1.60. The third-order valence-corrected chi connectivity index (χ3v) is 3.90. The minimum Gasteiger partial charge on any atom is -0.316 e. The van der Waals surface area contributed by atoms with E-state index in [-0.39, 0.29) is 0 Å². The van der Waals surface area contributed by atoms with Crippen LogP contribution in [-0.2, 0) is 0 Å². The first-order chi connectivity index (χ1) is 8.84. The van der Waals surface area contributed by atoms with E-state index < -0.39 is 0 Å². The quantitative estimate of drug-likeness (QED) is 0.839. The Balaban J connectivity index is 1.89. The summed E-state index contributed by atoms with van der Waals surface area (Å²) in [5.41, 5.74) is 5.47. The minimum absolute atomic E-state index is 0.705. The smallest absolute Gasteiger partial charge is 0.00206 e. The molecule has 1 atom stereocenters. The van der Waals surface area contributed by atoms with Crippen LogP contribution in [0.3, 0.4) is 0 Å². The van der Waals surface area contributed by atoms with Crippen LogP contribution in [0.15, 0.2) is 48.5 Å². The molecule has 0 spiro atoms. The largest absolute Gasteiger partial charge is 0.316 e. The maximum atomic E-state index is 3.43. The van der Waals surface area contributed by atoms with Gasteiger partial charge in [0.05, 0.1) is 0 Å². The lowest BCUT2D eigenvalue weighted by Gasteiger charge is -2.11. The number of benzene rings is 2. The molecule has 2 aromatic carbocycles. The van der Waals surface area contributed by atoms with Crippen molar-refractivity contribution in [2.24, 2.45) is 0 Å². The highest BCUT2D eigenvalue weighted by Crippen LogP contribution is 2.27. The molecular formula is C17H19N. The summed E-state index contributed by atoms with van der Waals surface area (Å²) in [6, 6.07) is 17.7. The van der Waals surface area contributed by atoms with Gasteiger partial charge in [0.1, 0.15) is 0 Å². The van der Waals surface area contributed by atoms with Gasteiger partial charge >= 0.3 is 0 Å². The predicted molar refractivity (Wildman–Crippen MR) is 76.8 cm³/mol. The van der Waals surface area contributed by atoms with Gasteiger partial charge in [0.25, 0.3) is 0 Å². The van der Waals surface area contributed by atoms with Crippen LogP contribution in [0.5, 0.6) is 0 Å². The Morgan fingerprint density at radius 1 is 1.00 bits per heavy atom. The van der Waals surface area contributed by atoms with Gasteiger partial charge in [-0.05, 0) is 48.1 Å². The third-order valence-electron chi connectivity index (χ3n) is 3.90. The van der Waals surface area contributed by atoms with E-state index in [1.807, 2.05) is 0 Å². The fourth-order valence-electron chi connectivity index (χ4n) is 2.77. The average molecular weight is 237 g/mol. The molecule has 1 unspecified atom stereocenters. The van der Waals surface area contributed by atoms with Crippen molar-refractivity contribution in [1.82, 2.24) is 5.32 Å². The molecular weight excluding hydrogens is 218 g/mol. The number of hydrogen-bond acceptors (Lipinski definition) is 1. The van der Waals surface area contributed by atoms with Gasteiger partial charge in [-0.3, -0.25) is 0 Å². The Morgan fingerprint density at radius 3 is 2.44 bits per heavy atom. The summed E-state index contributed by atoms with van der Waals surface area (Å²) >= 11 is 0. The molecule has 0 aliphatic carbocycles. The zero-order valence-corrected chi connectivity index (χ0v) is 10.8. The maximum Gasteiger partial charge on any atom is 0.00206 e. The van der Waals surface area contributed by atoms with Crippen molar-refractivity contribution in [2.75, 3.05) is 13.1 Å². The molecule has 1 aliphatic rings. The first-order valence-corrected chi connectivity index (χ1v) is 6.71. The molecule has 0 saturated carbocycles. The van der Waals surface area contributed by atoms with Gasteiger partial charge in [-0.1, -0.05) is 48.5 Å². The topological polar surface area (TPSA) is 12.0 Å². The lowest BCUT2D eigenvalue weighted by atomic mass is 9.94. The van der Waals surface area contributed by atoms with Gasteiger partial charge in [0.15, 0.2) is 0 Å². The normalized spacial score (nSPS) is 19.1. The summed E-state index contributed by atoms with van der Waals surface area (Å²) < 4.78 is 0. The van der Waals surface area contributed by atoms with Crippen LogP contribution in [0.25, 0.3) is 11.1 Å². The van der Waals surface area contributed by atoms with Crippen molar-refractivity contribution in [3.05, 3.63) is 59.7 Å². The van der Waals surface area contributed by atoms with Gasteiger partial charge in [-0.2, -0.15) is 0 Å². The molecule has 3 rings (SSSR count). The summed E-state index contributed by atoms with van der Waals surface area (Å²) in [6.45, 7) is 4.46. The van der Waals surface area contributed by atoms with Crippen LogP contribution in [0.2, 0.25) is 0 Å². The van der Waals surface area contributed by atoms with Gasteiger partial charge < -0.3 is 5.32 Å². The molecule has 1 fully saturated rings. The summed E-state index contributed by atoms with van der Waals surface area (Å²) in [5.74, 6) is 0.705. The van der Waals surface area contributed by atoms with Crippen LogP contribution in [0, 0.1) is 6.92 Å². The number of nitrogens with one attached hydrogen (secondary N) is 1. The highest BCUT2D eigenvalue weighted by atomic mass is 14.9. The Kier molecular flexibility index (Phi) is 3.16. The number of aryl methyl sites for hydroxylation is 1. The van der Waals surface area contributed by atoms with Crippen molar-refractivity contribution in [3.8, 4) is 11.1 Å². The molecule has 0 radical (unpaired) electrons. The lowest BCUT2D eigenvalue weighted by molar-refractivity contribution is 0.763. The van der Waals surface area contributed by atoms with E-state index in [2.05, 4.69) is 60.8 Å². The first kappa shape index (κ1) is 11.5. The Labute approximate surface area is 109 Å². The molecule has 1 saturated heterocycles. The van der Waals surface area contributed by atoms with Crippen LogP contribution in [0.4, 0.5) is 0 Å². The maximum absolute atomic E-state index is 3.43. The van der Waals surface area contributed by atoms with Gasteiger partial charge in [-0.25, -0.2) is 0 Å². The average Bonchev–Trinajstić information content (AvgIpc) is 2.94. The predicted octanol–water partition coefficient (Wildman–Crippen LogP) is 3.74. The van der Waals surface area contributed by atoms with Crippen molar-refractivity contribution >= 4 is 0 Å². The Morgan fingerprint density at radius 2 is 1.78 bits per heavy atom. The first-order valence-electron chi connectivity index (χ1n) is 6.71. The van der Waals surface area contributed by atoms with E-state index in [4.69, 9.17) is 0 Å². The van der Waals surface area contributed by atoms with E-state index in [1.54, 1.807) is 0 Å². The highest BCUT2D eigenvalue weighted by molar-refractivity contribution is 5.67. The second-order valence-electron chi connectivity index (χ2n) is 5.13. The fourth-order valence-corrected chi connectivity index (χ4v) is 2.77. The van der Waals surface area contributed by atoms with Gasteiger partial charge in [0, 0.05) is 6.54 Å². The molecule has 1 heteroatoms. The molecule has 1 aliphatic heterocycles. The molecule has 1 nitrogen and oxygen atoms in total. The van der Waals surface area contributed by atoms with Crippen molar-refractivity contribution in [3.63, 3.8) is 0 Å². The lowest BCUT2D eigenvalue weighted by Crippen LogP contribution is -2.07. The standard InChI is InChI=1S/C17H19N/c1-13-4-2-3-5-17(13)15-8-6-14(7-9-15)16-10-11-18-12-16/h2-9,16,18H,10-12H2,1H3. The summed E-state index contributed by atoms with van der Waals surface area (Å²) in [6.07, 6.45) is 1.27. The van der Waals surface area contributed by atoms with E-state index in [1.165, 1.54) is 28.7 Å². The van der Waals surface area contributed by atoms with Crippen LogP contribution >= 0.6 is 0 Å². The summed E-state index contributed by atoms with van der Waals surface area (Å²) in [4.78, 5) is 0. The van der Waals surface area contributed by atoms with Crippen LogP contribution < -0.4 is 5.32 Å². The van der Waals surface area contributed by atoms with Crippen molar-refractivity contribution in [2.45, 2.75) is 19.3 Å². The monoisotopic (exact) mass is 237 g/mol. The summed E-state index contributed by atoms with van der Waals surface area (Å²) in [5, 5.41) is 3.43. The highest BCUT2D eigenvalue weighted by Gasteiger charge is 2.16. The molecule has 2 aromatic rings. The van der Waals surface area contributed by atoms with Gasteiger partial charge in [0.2, 0.25) is 0 Å². The zero-order valence-electron chi connectivity index (χ0n) is 10.8. The molecule has 0 aromatic heterocycles. The Bertz CT molecular complexity index is 522. The molecule has 1 N–H and O–H groups in total. The van der Waals surface area contributed by atoms with E-state index in [0.29, 0.717) is 5.92 Å². The van der Waals surface area contributed by atoms with E-state index in [0.717, 1.165) is 13.1 Å². The fraction of sp³-hybridized carbons (Fsp3) is 0.294. The molecule has 18 heavy (non-hydrogen) atoms. The SMILES string of the molecule is Cc1ccccc1-c1ccc(C2CCNC2)cc1. The van der Waals surface area contributed by atoms with Crippen molar-refractivity contribution < 1.29 is 0 Å². The summed E-state index contributed by atoms with van der Waals surface area (Å²) in [7, 11) is 0. The zero-order chi connectivity index (χ0) is 12.4. The van der Waals surface area contributed by atoms with Crippen LogP contribution in [0.1, 0.15) is 23.5 Å². The second-order valence-corrected chi connectivity index (χ2v) is 5.13. The molecule has 0 amide bonds. The molecule has 1 heterocycles. The van der Waals surface area contributed by atoms with Crippen molar-refractivity contribution in [1.29, 1.82) is 0 Å². The number of hydrogen-bond donors (Lipinski definition) is 1. The van der Waals surface area contributed by atoms with Crippen LogP contribution in [-0.4, -0.2) is 13.1 Å². The van der Waals surface area contributed by atoms with E-state index >= 15 is 0 Å².